The first-order valence-electron chi connectivity index (χ1n) is 10.6. The van der Waals surface area contributed by atoms with Crippen LogP contribution in [0.1, 0.15) is 91.4 Å². The molecule has 1 atom stereocenters. The van der Waals surface area contributed by atoms with Crippen LogP contribution in [-0.2, 0) is 19.0 Å². The molecule has 150 valence electrons. The number of hydrogen-bond acceptors (Lipinski definition) is 4. The molecule has 25 heavy (non-hydrogen) atoms. The third-order valence-corrected chi connectivity index (χ3v) is 4.46. The van der Waals surface area contributed by atoms with Gasteiger partial charge in [-0.3, -0.25) is 4.79 Å². The van der Waals surface area contributed by atoms with Crippen LogP contribution in [0.25, 0.3) is 0 Å². The Morgan fingerprint density at radius 3 is 2.04 bits per heavy atom. The van der Waals surface area contributed by atoms with E-state index in [1.807, 2.05) is 0 Å². The Balaban J connectivity index is 3.31. The Bertz CT molecular complexity index is 281. The predicted octanol–water partition coefficient (Wildman–Crippen LogP) is 5.53. The highest BCUT2D eigenvalue weighted by molar-refractivity contribution is 5.69. The van der Waals surface area contributed by atoms with Gasteiger partial charge in [0.15, 0.2) is 0 Å². The Labute approximate surface area is 156 Å². The number of ether oxygens (including phenoxy) is 3. The van der Waals surface area contributed by atoms with Crippen molar-refractivity contribution in [2.24, 2.45) is 5.92 Å². The average Bonchev–Trinajstić information content (AvgIpc) is 2.62. The van der Waals surface area contributed by atoms with Crippen LogP contribution in [-0.4, -0.2) is 39.0 Å². The van der Waals surface area contributed by atoms with Crippen molar-refractivity contribution in [2.75, 3.05) is 33.0 Å². The molecule has 0 aliphatic rings. The van der Waals surface area contributed by atoms with Gasteiger partial charge in [-0.1, -0.05) is 65.7 Å². The van der Waals surface area contributed by atoms with Crippen molar-refractivity contribution in [3.05, 3.63) is 0 Å². The summed E-state index contributed by atoms with van der Waals surface area (Å²) in [5, 5.41) is 0. The molecular weight excluding hydrogens is 316 g/mol. The van der Waals surface area contributed by atoms with Gasteiger partial charge in [0.2, 0.25) is 0 Å². The Hall–Kier alpha value is -0.610. The molecule has 0 aromatic rings. The topological polar surface area (TPSA) is 44.8 Å². The quantitative estimate of drug-likeness (QED) is 0.225. The summed E-state index contributed by atoms with van der Waals surface area (Å²) < 4.78 is 16.4. The van der Waals surface area contributed by atoms with Crippen molar-refractivity contribution in [2.45, 2.75) is 91.4 Å². The van der Waals surface area contributed by atoms with E-state index < -0.39 is 0 Å². The Morgan fingerprint density at radius 2 is 1.40 bits per heavy atom. The monoisotopic (exact) mass is 358 g/mol. The lowest BCUT2D eigenvalue weighted by Crippen LogP contribution is -2.14. The average molecular weight is 359 g/mol. The standard InChI is InChI=1S/C21H42O4/c1-4-7-9-10-11-15-23-17-18-24-16-12-14-21(22)25-19-20(6-3)13-8-5-2/h20H,4-19H2,1-3H3. The van der Waals surface area contributed by atoms with Crippen LogP contribution in [0.4, 0.5) is 0 Å². The molecule has 0 aromatic heterocycles. The lowest BCUT2D eigenvalue weighted by molar-refractivity contribution is -0.145. The minimum Gasteiger partial charge on any atom is -0.465 e. The number of esters is 1. The molecule has 0 bridgehead atoms. The summed E-state index contributed by atoms with van der Waals surface area (Å²) in [4.78, 5) is 11.7. The van der Waals surface area contributed by atoms with Gasteiger partial charge < -0.3 is 14.2 Å². The molecule has 0 N–H and O–H groups in total. The molecule has 0 rings (SSSR count). The first-order chi connectivity index (χ1) is 12.2. The zero-order valence-electron chi connectivity index (χ0n) is 17.0. The first kappa shape index (κ1) is 24.4. The maximum absolute atomic E-state index is 11.7. The van der Waals surface area contributed by atoms with Crippen LogP contribution in [0.5, 0.6) is 0 Å². The van der Waals surface area contributed by atoms with E-state index in [4.69, 9.17) is 14.2 Å². The van der Waals surface area contributed by atoms with Crippen LogP contribution in [0.15, 0.2) is 0 Å². The highest BCUT2D eigenvalue weighted by atomic mass is 16.5. The maximum Gasteiger partial charge on any atom is 0.305 e. The molecule has 4 heteroatoms. The largest absolute Gasteiger partial charge is 0.465 e. The van der Waals surface area contributed by atoms with Crippen molar-refractivity contribution < 1.29 is 19.0 Å². The van der Waals surface area contributed by atoms with Crippen LogP contribution in [0.2, 0.25) is 0 Å². The highest BCUT2D eigenvalue weighted by Crippen LogP contribution is 2.13. The van der Waals surface area contributed by atoms with Crippen molar-refractivity contribution in [3.8, 4) is 0 Å². The summed E-state index contributed by atoms with van der Waals surface area (Å²) in [6.07, 6.45) is 12.1. The van der Waals surface area contributed by atoms with Gasteiger partial charge in [0.05, 0.1) is 19.8 Å². The summed E-state index contributed by atoms with van der Waals surface area (Å²) >= 11 is 0. The molecule has 0 heterocycles. The first-order valence-corrected chi connectivity index (χ1v) is 10.6. The Kier molecular flexibility index (Phi) is 19.2. The van der Waals surface area contributed by atoms with Crippen molar-refractivity contribution >= 4 is 5.97 Å². The van der Waals surface area contributed by atoms with E-state index in [2.05, 4.69) is 20.8 Å². The van der Waals surface area contributed by atoms with Crippen molar-refractivity contribution in [1.82, 2.24) is 0 Å². The maximum atomic E-state index is 11.7. The van der Waals surface area contributed by atoms with E-state index in [1.165, 1.54) is 38.5 Å². The molecule has 0 aromatic carbocycles. The predicted molar refractivity (Wildman–Crippen MR) is 104 cm³/mol. The number of carbonyl (C=O) groups is 1. The lowest BCUT2D eigenvalue weighted by atomic mass is 10.0. The Morgan fingerprint density at radius 1 is 0.760 bits per heavy atom. The van der Waals surface area contributed by atoms with E-state index in [0.29, 0.717) is 38.8 Å². The molecule has 0 saturated heterocycles. The second-order valence-corrected chi connectivity index (χ2v) is 6.84. The SMILES string of the molecule is CCCCCCCOCCOCCCC(=O)OCC(CC)CCCC. The minimum atomic E-state index is -0.0955. The molecule has 0 fully saturated rings. The fourth-order valence-corrected chi connectivity index (χ4v) is 2.63. The molecular formula is C21H42O4. The van der Waals surface area contributed by atoms with Crippen LogP contribution >= 0.6 is 0 Å². The van der Waals surface area contributed by atoms with E-state index in [1.54, 1.807) is 0 Å². The van der Waals surface area contributed by atoms with E-state index in [9.17, 15) is 4.79 Å². The summed E-state index contributed by atoms with van der Waals surface area (Å²) in [5.74, 6) is 0.418. The van der Waals surface area contributed by atoms with Gasteiger partial charge in [0.25, 0.3) is 0 Å². The van der Waals surface area contributed by atoms with Crippen molar-refractivity contribution in [3.63, 3.8) is 0 Å². The van der Waals surface area contributed by atoms with Gasteiger partial charge in [0.1, 0.15) is 0 Å². The van der Waals surface area contributed by atoms with Gasteiger partial charge in [-0.05, 0) is 25.2 Å². The van der Waals surface area contributed by atoms with Gasteiger partial charge in [0, 0.05) is 19.6 Å². The summed E-state index contributed by atoms with van der Waals surface area (Å²) in [5.41, 5.74) is 0. The van der Waals surface area contributed by atoms with E-state index in [0.717, 1.165) is 32.3 Å². The van der Waals surface area contributed by atoms with E-state index in [-0.39, 0.29) is 5.97 Å². The molecule has 0 aliphatic carbocycles. The number of carbonyl (C=O) groups excluding carboxylic acids is 1. The molecule has 0 aliphatic heterocycles. The second kappa shape index (κ2) is 19.7. The van der Waals surface area contributed by atoms with Crippen molar-refractivity contribution in [1.29, 1.82) is 0 Å². The fourth-order valence-electron chi connectivity index (χ4n) is 2.63. The molecule has 0 spiro atoms. The molecule has 0 saturated carbocycles. The molecule has 0 radical (unpaired) electrons. The zero-order chi connectivity index (χ0) is 18.6. The summed E-state index contributed by atoms with van der Waals surface area (Å²) in [6.45, 7) is 9.84. The van der Waals surface area contributed by atoms with Crippen LogP contribution < -0.4 is 0 Å². The number of hydrogen-bond donors (Lipinski definition) is 0. The van der Waals surface area contributed by atoms with Gasteiger partial charge >= 0.3 is 5.97 Å². The summed E-state index contributed by atoms with van der Waals surface area (Å²) in [6, 6.07) is 0. The van der Waals surface area contributed by atoms with Gasteiger partial charge in [-0.2, -0.15) is 0 Å². The fraction of sp³-hybridized carbons (Fsp3) is 0.952. The molecule has 0 amide bonds. The minimum absolute atomic E-state index is 0.0955. The molecule has 4 nitrogen and oxygen atoms in total. The second-order valence-electron chi connectivity index (χ2n) is 6.84. The van der Waals surface area contributed by atoms with Gasteiger partial charge in [-0.15, -0.1) is 0 Å². The van der Waals surface area contributed by atoms with Crippen LogP contribution in [0.3, 0.4) is 0 Å². The third kappa shape index (κ3) is 18.0. The highest BCUT2D eigenvalue weighted by Gasteiger charge is 2.09. The van der Waals surface area contributed by atoms with Gasteiger partial charge in [-0.25, -0.2) is 0 Å². The molecule has 1 unspecified atom stereocenters. The van der Waals surface area contributed by atoms with Crippen LogP contribution in [0, 0.1) is 5.92 Å². The number of unbranched alkanes of at least 4 members (excludes halogenated alkanes) is 5. The number of rotatable bonds is 19. The smallest absolute Gasteiger partial charge is 0.305 e. The van der Waals surface area contributed by atoms with E-state index >= 15 is 0 Å². The third-order valence-electron chi connectivity index (χ3n) is 4.46. The normalized spacial score (nSPS) is 12.3. The summed E-state index contributed by atoms with van der Waals surface area (Å²) in [7, 11) is 0. The lowest BCUT2D eigenvalue weighted by Gasteiger charge is -2.14. The zero-order valence-corrected chi connectivity index (χ0v) is 17.0.